The molecule has 0 spiro atoms. The number of hydrogen-bond donors (Lipinski definition) is 2. The molecule has 0 aliphatic heterocycles. The Morgan fingerprint density at radius 3 is 2.50 bits per heavy atom. The van der Waals surface area contributed by atoms with Crippen LogP contribution in [-0.2, 0) is 4.79 Å². The quantitative estimate of drug-likeness (QED) is 0.899. The third kappa shape index (κ3) is 2.93. The summed E-state index contributed by atoms with van der Waals surface area (Å²) >= 11 is 0. The average molecular weight is 277 g/mol. The number of nitrogens with one attached hydrogen (secondary N) is 1. The lowest BCUT2D eigenvalue weighted by molar-refractivity contribution is -0.138. The van der Waals surface area contributed by atoms with Gasteiger partial charge in [-0.05, 0) is 25.1 Å². The molecule has 0 heterocycles. The lowest BCUT2D eigenvalue weighted by Gasteiger charge is -2.17. The van der Waals surface area contributed by atoms with Crippen LogP contribution in [0.15, 0.2) is 42.5 Å². The topological polar surface area (TPSA) is 49.3 Å². The summed E-state index contributed by atoms with van der Waals surface area (Å²) in [6, 6.07) is 8.48. The van der Waals surface area contributed by atoms with Gasteiger partial charge in [0.05, 0.1) is 5.69 Å². The van der Waals surface area contributed by atoms with Gasteiger partial charge in [-0.15, -0.1) is 0 Å². The second-order valence-corrected chi connectivity index (χ2v) is 4.42. The van der Waals surface area contributed by atoms with Crippen molar-refractivity contribution in [1.82, 2.24) is 0 Å². The molecule has 3 nitrogen and oxygen atoms in total. The largest absolute Gasteiger partial charge is 0.479 e. The van der Waals surface area contributed by atoms with Crippen molar-refractivity contribution in [3.8, 4) is 0 Å². The summed E-state index contributed by atoms with van der Waals surface area (Å²) in [5.74, 6) is -2.52. The fourth-order valence-electron chi connectivity index (χ4n) is 1.89. The Bertz CT molecular complexity index is 644. The number of rotatable bonds is 4. The smallest absolute Gasteiger partial charge is 0.330 e. The number of carbonyl (C=O) groups is 1. The number of aryl methyl sites for hydroxylation is 1. The Balaban J connectivity index is 2.40. The Kier molecular flexibility index (Phi) is 3.98. The lowest BCUT2D eigenvalue weighted by Crippen LogP contribution is -2.22. The summed E-state index contributed by atoms with van der Waals surface area (Å²) in [5.41, 5.74) is 0.713. The van der Waals surface area contributed by atoms with Crippen LogP contribution < -0.4 is 5.32 Å². The first kappa shape index (κ1) is 14.0. The highest BCUT2D eigenvalue weighted by atomic mass is 19.1. The minimum atomic E-state index is -1.35. The van der Waals surface area contributed by atoms with Crippen molar-refractivity contribution in [2.45, 2.75) is 13.0 Å². The van der Waals surface area contributed by atoms with Gasteiger partial charge >= 0.3 is 5.97 Å². The fourth-order valence-corrected chi connectivity index (χ4v) is 1.89. The van der Waals surface area contributed by atoms with E-state index in [-0.39, 0.29) is 11.3 Å². The molecule has 0 aromatic heterocycles. The molecule has 2 N–H and O–H groups in total. The zero-order valence-electron chi connectivity index (χ0n) is 10.7. The van der Waals surface area contributed by atoms with Gasteiger partial charge < -0.3 is 10.4 Å². The summed E-state index contributed by atoms with van der Waals surface area (Å²) in [7, 11) is 0. The number of hydrogen-bond acceptors (Lipinski definition) is 2. The van der Waals surface area contributed by atoms with Crippen molar-refractivity contribution in [2.75, 3.05) is 5.32 Å². The first-order chi connectivity index (χ1) is 9.49. The van der Waals surface area contributed by atoms with Crippen LogP contribution >= 0.6 is 0 Å². The molecular weight excluding hydrogens is 264 g/mol. The molecule has 0 saturated carbocycles. The Morgan fingerprint density at radius 1 is 1.15 bits per heavy atom. The molecule has 104 valence electrons. The maximum atomic E-state index is 13.8. The summed E-state index contributed by atoms with van der Waals surface area (Å²) in [6.45, 7) is 1.73. The van der Waals surface area contributed by atoms with Gasteiger partial charge in [0.2, 0.25) is 0 Å². The van der Waals surface area contributed by atoms with Crippen LogP contribution in [0.2, 0.25) is 0 Å². The summed E-state index contributed by atoms with van der Waals surface area (Å²) in [6.07, 6.45) is 0. The molecule has 20 heavy (non-hydrogen) atoms. The molecule has 0 aliphatic rings. The highest BCUT2D eigenvalue weighted by molar-refractivity contribution is 5.79. The summed E-state index contributed by atoms with van der Waals surface area (Å²) in [4.78, 5) is 11.3. The van der Waals surface area contributed by atoms with Gasteiger partial charge in [-0.25, -0.2) is 13.6 Å². The maximum absolute atomic E-state index is 13.8. The van der Waals surface area contributed by atoms with Crippen LogP contribution in [0.3, 0.4) is 0 Å². The normalized spacial score (nSPS) is 11.9. The third-order valence-electron chi connectivity index (χ3n) is 2.88. The van der Waals surface area contributed by atoms with Crippen LogP contribution in [-0.4, -0.2) is 11.1 Å². The molecular formula is C15H13F2NO2. The molecule has 0 amide bonds. The van der Waals surface area contributed by atoms with E-state index in [1.54, 1.807) is 19.1 Å². The van der Waals surface area contributed by atoms with Crippen molar-refractivity contribution in [3.63, 3.8) is 0 Å². The van der Waals surface area contributed by atoms with Gasteiger partial charge in [-0.1, -0.05) is 29.8 Å². The Morgan fingerprint density at radius 2 is 1.85 bits per heavy atom. The van der Waals surface area contributed by atoms with E-state index in [4.69, 9.17) is 0 Å². The van der Waals surface area contributed by atoms with Crippen molar-refractivity contribution in [3.05, 3.63) is 65.2 Å². The van der Waals surface area contributed by atoms with E-state index in [2.05, 4.69) is 5.32 Å². The second kappa shape index (κ2) is 5.69. The molecule has 0 fully saturated rings. The SMILES string of the molecule is Cc1ccc(F)c(C(Nc2ccccc2F)C(=O)O)c1. The van der Waals surface area contributed by atoms with E-state index in [0.717, 1.165) is 5.56 Å². The second-order valence-electron chi connectivity index (χ2n) is 4.42. The summed E-state index contributed by atoms with van der Waals surface area (Å²) in [5, 5.41) is 11.8. The van der Waals surface area contributed by atoms with E-state index in [0.29, 0.717) is 0 Å². The predicted molar refractivity (Wildman–Crippen MR) is 71.5 cm³/mol. The minimum absolute atomic E-state index is 0.0146. The highest BCUT2D eigenvalue weighted by Gasteiger charge is 2.24. The number of anilines is 1. The highest BCUT2D eigenvalue weighted by Crippen LogP contribution is 2.25. The molecule has 5 heteroatoms. The standard InChI is InChI=1S/C15H13F2NO2/c1-9-6-7-11(16)10(8-9)14(15(19)20)18-13-5-3-2-4-12(13)17/h2-8,14,18H,1H3,(H,19,20). The van der Waals surface area contributed by atoms with Gasteiger partial charge in [0.15, 0.2) is 6.04 Å². The van der Waals surface area contributed by atoms with Gasteiger partial charge in [0, 0.05) is 5.56 Å². The molecule has 2 rings (SSSR count). The maximum Gasteiger partial charge on any atom is 0.330 e. The van der Waals surface area contributed by atoms with Gasteiger partial charge in [0.25, 0.3) is 0 Å². The number of carboxylic acids is 1. The molecule has 0 radical (unpaired) electrons. The third-order valence-corrected chi connectivity index (χ3v) is 2.88. The van der Waals surface area contributed by atoms with Gasteiger partial charge in [-0.3, -0.25) is 0 Å². The molecule has 2 aromatic rings. The number of halogens is 2. The number of carboxylic acid groups (broad SMARTS) is 1. The first-order valence-corrected chi connectivity index (χ1v) is 5.99. The van der Waals surface area contributed by atoms with Crippen molar-refractivity contribution in [2.24, 2.45) is 0 Å². The van der Waals surface area contributed by atoms with Crippen molar-refractivity contribution >= 4 is 11.7 Å². The number of aliphatic carboxylic acids is 1. The number of para-hydroxylation sites is 1. The van der Waals surface area contributed by atoms with Crippen LogP contribution in [0.5, 0.6) is 0 Å². The molecule has 1 atom stereocenters. The van der Waals surface area contributed by atoms with Crippen LogP contribution in [0, 0.1) is 18.6 Å². The van der Waals surface area contributed by atoms with Crippen LogP contribution in [0.25, 0.3) is 0 Å². The monoisotopic (exact) mass is 277 g/mol. The average Bonchev–Trinajstić information content (AvgIpc) is 2.40. The molecule has 1 unspecified atom stereocenters. The Hall–Kier alpha value is -2.43. The molecule has 2 aromatic carbocycles. The van der Waals surface area contributed by atoms with Crippen LogP contribution in [0.1, 0.15) is 17.2 Å². The first-order valence-electron chi connectivity index (χ1n) is 5.99. The molecule has 0 bridgehead atoms. The lowest BCUT2D eigenvalue weighted by atomic mass is 10.0. The van der Waals surface area contributed by atoms with E-state index in [1.165, 1.54) is 30.3 Å². The van der Waals surface area contributed by atoms with Crippen molar-refractivity contribution < 1.29 is 18.7 Å². The molecule has 0 aliphatic carbocycles. The van der Waals surface area contributed by atoms with Crippen molar-refractivity contribution in [1.29, 1.82) is 0 Å². The fraction of sp³-hybridized carbons (Fsp3) is 0.133. The van der Waals surface area contributed by atoms with E-state index >= 15 is 0 Å². The zero-order chi connectivity index (χ0) is 14.7. The Labute approximate surface area is 114 Å². The van der Waals surface area contributed by atoms with E-state index in [9.17, 15) is 18.7 Å². The van der Waals surface area contributed by atoms with Gasteiger partial charge in [0.1, 0.15) is 11.6 Å². The van der Waals surface area contributed by atoms with Crippen LogP contribution in [0.4, 0.5) is 14.5 Å². The van der Waals surface area contributed by atoms with E-state index in [1.807, 2.05) is 0 Å². The minimum Gasteiger partial charge on any atom is -0.479 e. The van der Waals surface area contributed by atoms with Gasteiger partial charge in [-0.2, -0.15) is 0 Å². The molecule has 0 saturated heterocycles. The predicted octanol–water partition coefficient (Wildman–Crippen LogP) is 3.51. The zero-order valence-corrected chi connectivity index (χ0v) is 10.7. The van der Waals surface area contributed by atoms with E-state index < -0.39 is 23.6 Å². The number of benzene rings is 2. The summed E-state index contributed by atoms with van der Waals surface area (Å²) < 4.78 is 27.3.